The zero-order chi connectivity index (χ0) is 12.3. The first-order chi connectivity index (χ1) is 8.36. The van der Waals surface area contributed by atoms with Crippen LogP contribution in [0.1, 0.15) is 77.6 Å². The lowest BCUT2D eigenvalue weighted by Crippen LogP contribution is -2.40. The largest absolute Gasteiger partial charge is 0.330 e. The summed E-state index contributed by atoms with van der Waals surface area (Å²) in [6.45, 7) is 2.88. The first kappa shape index (κ1) is 15.0. The zero-order valence-corrected chi connectivity index (χ0v) is 11.7. The van der Waals surface area contributed by atoms with Crippen LogP contribution in [-0.2, 0) is 0 Å². The van der Waals surface area contributed by atoms with Gasteiger partial charge in [0.25, 0.3) is 0 Å². The Hall–Kier alpha value is -0.0800. The van der Waals surface area contributed by atoms with Gasteiger partial charge in [-0.05, 0) is 38.6 Å². The van der Waals surface area contributed by atoms with Crippen molar-refractivity contribution < 1.29 is 0 Å². The minimum Gasteiger partial charge on any atom is -0.330 e. The van der Waals surface area contributed by atoms with E-state index in [1.54, 1.807) is 0 Å². The Morgan fingerprint density at radius 3 is 1.47 bits per heavy atom. The number of nitrogens with one attached hydrogen (secondary N) is 1. The van der Waals surface area contributed by atoms with Gasteiger partial charge in [0.1, 0.15) is 0 Å². The first-order valence-electron chi connectivity index (χ1n) is 7.83. The molecule has 0 aromatic heterocycles. The molecule has 2 aliphatic carbocycles. The lowest BCUT2D eigenvalue weighted by Gasteiger charge is -2.30. The number of nitrogens with two attached hydrogens (primary N) is 1. The molecule has 2 rings (SSSR count). The van der Waals surface area contributed by atoms with Crippen LogP contribution >= 0.6 is 0 Å². The Labute approximate surface area is 108 Å². The van der Waals surface area contributed by atoms with Crippen molar-refractivity contribution in [1.29, 1.82) is 0 Å². The van der Waals surface area contributed by atoms with Gasteiger partial charge in [0, 0.05) is 12.1 Å². The SMILES string of the molecule is C1CCC(NC2CCCCC2)CC1.CCCN. The minimum absolute atomic E-state index is 0.819. The van der Waals surface area contributed by atoms with Crippen molar-refractivity contribution in [2.24, 2.45) is 5.73 Å². The molecule has 0 radical (unpaired) electrons. The Morgan fingerprint density at radius 1 is 0.824 bits per heavy atom. The van der Waals surface area contributed by atoms with Crippen molar-refractivity contribution >= 4 is 0 Å². The highest BCUT2D eigenvalue weighted by Crippen LogP contribution is 2.22. The summed E-state index contributed by atoms with van der Waals surface area (Å²) in [5, 5.41) is 3.86. The topological polar surface area (TPSA) is 38.0 Å². The molecular formula is C15H32N2. The summed E-state index contributed by atoms with van der Waals surface area (Å²) in [7, 11) is 0. The van der Waals surface area contributed by atoms with E-state index in [0.717, 1.165) is 25.0 Å². The molecule has 2 aliphatic rings. The van der Waals surface area contributed by atoms with E-state index in [0.29, 0.717) is 0 Å². The maximum absolute atomic E-state index is 5.03. The zero-order valence-electron chi connectivity index (χ0n) is 11.7. The van der Waals surface area contributed by atoms with E-state index in [4.69, 9.17) is 5.73 Å². The fourth-order valence-electron chi connectivity index (χ4n) is 2.87. The lowest BCUT2D eigenvalue weighted by atomic mass is 9.91. The molecular weight excluding hydrogens is 208 g/mol. The van der Waals surface area contributed by atoms with Gasteiger partial charge >= 0.3 is 0 Å². The summed E-state index contributed by atoms with van der Waals surface area (Å²) in [4.78, 5) is 0. The molecule has 2 heteroatoms. The Bertz CT molecular complexity index is 140. The van der Waals surface area contributed by atoms with Gasteiger partial charge in [-0.25, -0.2) is 0 Å². The first-order valence-corrected chi connectivity index (χ1v) is 7.83. The molecule has 0 heterocycles. The second-order valence-corrected chi connectivity index (χ2v) is 5.63. The molecule has 2 fully saturated rings. The van der Waals surface area contributed by atoms with E-state index in [2.05, 4.69) is 12.2 Å². The second-order valence-electron chi connectivity index (χ2n) is 5.63. The van der Waals surface area contributed by atoms with Crippen molar-refractivity contribution in [3.63, 3.8) is 0 Å². The Balaban J connectivity index is 0.000000317. The van der Waals surface area contributed by atoms with Gasteiger partial charge in [0.05, 0.1) is 0 Å². The van der Waals surface area contributed by atoms with Crippen molar-refractivity contribution in [3.8, 4) is 0 Å². The molecule has 0 saturated heterocycles. The third-order valence-electron chi connectivity index (χ3n) is 3.97. The monoisotopic (exact) mass is 240 g/mol. The number of hydrogen-bond acceptors (Lipinski definition) is 2. The van der Waals surface area contributed by atoms with E-state index in [1.165, 1.54) is 64.2 Å². The molecule has 2 saturated carbocycles. The second kappa shape index (κ2) is 9.90. The Kier molecular flexibility index (Phi) is 8.72. The smallest absolute Gasteiger partial charge is 0.00696 e. The van der Waals surface area contributed by atoms with E-state index >= 15 is 0 Å². The van der Waals surface area contributed by atoms with Crippen LogP contribution in [0.15, 0.2) is 0 Å². The van der Waals surface area contributed by atoms with Gasteiger partial charge in [-0.2, -0.15) is 0 Å². The molecule has 0 atom stereocenters. The molecule has 0 amide bonds. The van der Waals surface area contributed by atoms with Gasteiger partial charge < -0.3 is 11.1 Å². The van der Waals surface area contributed by atoms with Crippen molar-refractivity contribution in [2.75, 3.05) is 6.54 Å². The summed E-state index contributed by atoms with van der Waals surface area (Å²) in [5.74, 6) is 0. The quantitative estimate of drug-likeness (QED) is 0.791. The number of rotatable bonds is 3. The van der Waals surface area contributed by atoms with Crippen molar-refractivity contribution in [3.05, 3.63) is 0 Å². The van der Waals surface area contributed by atoms with Crippen molar-refractivity contribution in [2.45, 2.75) is 89.6 Å². The molecule has 3 N–H and O–H groups in total. The summed E-state index contributed by atoms with van der Waals surface area (Å²) < 4.78 is 0. The molecule has 2 nitrogen and oxygen atoms in total. The molecule has 0 aromatic carbocycles. The van der Waals surface area contributed by atoms with Crippen LogP contribution in [0.5, 0.6) is 0 Å². The fourth-order valence-corrected chi connectivity index (χ4v) is 2.87. The van der Waals surface area contributed by atoms with Gasteiger partial charge in [-0.3, -0.25) is 0 Å². The average Bonchev–Trinajstić information content (AvgIpc) is 2.41. The normalized spacial score (nSPS) is 22.9. The van der Waals surface area contributed by atoms with Gasteiger partial charge in [-0.15, -0.1) is 0 Å². The van der Waals surface area contributed by atoms with Crippen LogP contribution in [0.4, 0.5) is 0 Å². The molecule has 17 heavy (non-hydrogen) atoms. The van der Waals surface area contributed by atoms with E-state index in [-0.39, 0.29) is 0 Å². The van der Waals surface area contributed by atoms with Gasteiger partial charge in [0.15, 0.2) is 0 Å². The molecule has 0 aliphatic heterocycles. The Morgan fingerprint density at radius 2 is 1.18 bits per heavy atom. The minimum atomic E-state index is 0.819. The van der Waals surface area contributed by atoms with Crippen LogP contribution < -0.4 is 11.1 Å². The molecule has 0 spiro atoms. The van der Waals surface area contributed by atoms with Crippen LogP contribution in [0.3, 0.4) is 0 Å². The number of hydrogen-bond donors (Lipinski definition) is 2. The van der Waals surface area contributed by atoms with Gasteiger partial charge in [-0.1, -0.05) is 45.4 Å². The fraction of sp³-hybridized carbons (Fsp3) is 1.00. The van der Waals surface area contributed by atoms with Crippen LogP contribution in [0.2, 0.25) is 0 Å². The van der Waals surface area contributed by atoms with Crippen LogP contribution in [-0.4, -0.2) is 18.6 Å². The summed E-state index contributed by atoms with van der Waals surface area (Å²) in [5.41, 5.74) is 5.03. The van der Waals surface area contributed by atoms with Gasteiger partial charge in [0.2, 0.25) is 0 Å². The van der Waals surface area contributed by atoms with E-state index in [1.807, 2.05) is 0 Å². The van der Waals surface area contributed by atoms with E-state index < -0.39 is 0 Å². The molecule has 0 aromatic rings. The van der Waals surface area contributed by atoms with Crippen LogP contribution in [0, 0.1) is 0 Å². The van der Waals surface area contributed by atoms with E-state index in [9.17, 15) is 0 Å². The van der Waals surface area contributed by atoms with Crippen molar-refractivity contribution in [1.82, 2.24) is 5.32 Å². The third-order valence-corrected chi connectivity index (χ3v) is 3.97. The summed E-state index contributed by atoms with van der Waals surface area (Å²) in [6, 6.07) is 1.74. The highest BCUT2D eigenvalue weighted by molar-refractivity contribution is 4.79. The van der Waals surface area contributed by atoms with Crippen LogP contribution in [0.25, 0.3) is 0 Å². The third kappa shape index (κ3) is 7.05. The highest BCUT2D eigenvalue weighted by Gasteiger charge is 2.19. The molecule has 0 bridgehead atoms. The standard InChI is InChI=1S/C12H23N.C3H9N/c1-3-7-11(8-4-1)13-12-9-5-2-6-10-12;1-2-3-4/h11-13H,1-10H2;2-4H2,1H3. The maximum atomic E-state index is 5.03. The predicted octanol–water partition coefficient (Wildman–Crippen LogP) is 3.60. The lowest BCUT2D eigenvalue weighted by molar-refractivity contribution is 0.291. The highest BCUT2D eigenvalue weighted by atomic mass is 14.9. The molecule has 0 unspecified atom stereocenters. The maximum Gasteiger partial charge on any atom is 0.00696 e. The molecule has 102 valence electrons. The summed E-state index contributed by atoms with van der Waals surface area (Å²) >= 11 is 0. The predicted molar refractivity (Wildman–Crippen MR) is 76.2 cm³/mol. The average molecular weight is 240 g/mol. The summed E-state index contributed by atoms with van der Waals surface area (Å²) in [6.07, 6.45) is 15.7.